The summed E-state index contributed by atoms with van der Waals surface area (Å²) in [6.07, 6.45) is 4.81. The molecule has 0 amide bonds. The van der Waals surface area contributed by atoms with Crippen molar-refractivity contribution >= 4 is 0 Å². The van der Waals surface area contributed by atoms with Gasteiger partial charge in [0, 0.05) is 6.04 Å². The van der Waals surface area contributed by atoms with E-state index in [1.807, 2.05) is 0 Å². The maximum absolute atomic E-state index is 2.39. The summed E-state index contributed by atoms with van der Waals surface area (Å²) in [5, 5.41) is 0. The molecule has 0 rings (SSSR count). The van der Waals surface area contributed by atoms with E-state index in [2.05, 4.69) is 45.7 Å². The van der Waals surface area contributed by atoms with Gasteiger partial charge < -0.3 is 4.90 Å². The minimum atomic E-state index is 0.714. The Kier molecular flexibility index (Phi) is 6.09. The predicted octanol–water partition coefficient (Wildman–Crippen LogP) is 3.07. The maximum Gasteiger partial charge on any atom is 0.00667 e. The molecular formula is C11H23N. The SMILES string of the molecule is CCN(C)C(C)CCC=C(C)C. The molecular weight excluding hydrogens is 146 g/mol. The molecule has 0 saturated heterocycles. The van der Waals surface area contributed by atoms with Crippen molar-refractivity contribution < 1.29 is 0 Å². The van der Waals surface area contributed by atoms with Crippen LogP contribution < -0.4 is 0 Å². The summed E-state index contributed by atoms with van der Waals surface area (Å²) in [5.41, 5.74) is 1.43. The molecule has 0 aromatic carbocycles. The van der Waals surface area contributed by atoms with Gasteiger partial charge in [0.05, 0.1) is 0 Å². The van der Waals surface area contributed by atoms with E-state index in [0.29, 0.717) is 6.04 Å². The van der Waals surface area contributed by atoms with Crippen LogP contribution in [-0.2, 0) is 0 Å². The lowest BCUT2D eigenvalue weighted by Gasteiger charge is -2.22. The third-order valence-electron chi connectivity index (χ3n) is 2.39. The van der Waals surface area contributed by atoms with E-state index in [9.17, 15) is 0 Å². The first-order chi connectivity index (χ1) is 5.57. The Bertz CT molecular complexity index is 134. The fraction of sp³-hybridized carbons (Fsp3) is 0.818. The molecule has 0 aliphatic heterocycles. The highest BCUT2D eigenvalue weighted by Gasteiger charge is 2.04. The fourth-order valence-corrected chi connectivity index (χ4v) is 1.15. The molecule has 0 aliphatic carbocycles. The Morgan fingerprint density at radius 2 is 2.00 bits per heavy atom. The second-order valence-corrected chi connectivity index (χ2v) is 3.78. The molecule has 0 fully saturated rings. The third-order valence-corrected chi connectivity index (χ3v) is 2.39. The minimum absolute atomic E-state index is 0.714. The largest absolute Gasteiger partial charge is 0.304 e. The lowest BCUT2D eigenvalue weighted by atomic mass is 10.1. The van der Waals surface area contributed by atoms with Crippen LogP contribution in [0.2, 0.25) is 0 Å². The van der Waals surface area contributed by atoms with Crippen molar-refractivity contribution in [3.63, 3.8) is 0 Å². The van der Waals surface area contributed by atoms with E-state index in [4.69, 9.17) is 0 Å². The van der Waals surface area contributed by atoms with Crippen LogP contribution >= 0.6 is 0 Å². The zero-order valence-corrected chi connectivity index (χ0v) is 9.22. The van der Waals surface area contributed by atoms with Gasteiger partial charge in [-0.3, -0.25) is 0 Å². The van der Waals surface area contributed by atoms with Gasteiger partial charge in [0.15, 0.2) is 0 Å². The summed E-state index contributed by atoms with van der Waals surface area (Å²) < 4.78 is 0. The Balaban J connectivity index is 3.57. The number of hydrogen-bond donors (Lipinski definition) is 0. The van der Waals surface area contributed by atoms with Gasteiger partial charge in [0.25, 0.3) is 0 Å². The zero-order valence-electron chi connectivity index (χ0n) is 9.22. The molecule has 0 bridgehead atoms. The highest BCUT2D eigenvalue weighted by molar-refractivity contribution is 4.93. The van der Waals surface area contributed by atoms with Crippen LogP contribution in [0.15, 0.2) is 11.6 Å². The van der Waals surface area contributed by atoms with Gasteiger partial charge in [0.1, 0.15) is 0 Å². The molecule has 12 heavy (non-hydrogen) atoms. The molecule has 0 radical (unpaired) electrons. The monoisotopic (exact) mass is 169 g/mol. The average molecular weight is 169 g/mol. The summed E-state index contributed by atoms with van der Waals surface area (Å²) >= 11 is 0. The van der Waals surface area contributed by atoms with E-state index in [1.165, 1.54) is 18.4 Å². The molecule has 1 heteroatoms. The van der Waals surface area contributed by atoms with E-state index >= 15 is 0 Å². The molecule has 1 nitrogen and oxygen atoms in total. The standard InChI is InChI=1S/C11H23N/c1-6-12(5)11(4)9-7-8-10(2)3/h8,11H,6-7,9H2,1-5H3. The molecule has 0 aromatic rings. The highest BCUT2D eigenvalue weighted by atomic mass is 15.1. The molecule has 72 valence electrons. The van der Waals surface area contributed by atoms with E-state index in [1.54, 1.807) is 0 Å². The van der Waals surface area contributed by atoms with Gasteiger partial charge in [0.2, 0.25) is 0 Å². The summed E-state index contributed by atoms with van der Waals surface area (Å²) in [4.78, 5) is 2.39. The number of nitrogens with zero attached hydrogens (tertiary/aromatic N) is 1. The number of rotatable bonds is 5. The maximum atomic E-state index is 2.39. The molecule has 1 atom stereocenters. The molecule has 0 saturated carbocycles. The average Bonchev–Trinajstić information content (AvgIpc) is 2.02. The van der Waals surface area contributed by atoms with Crippen molar-refractivity contribution in [2.45, 2.75) is 46.6 Å². The quantitative estimate of drug-likeness (QED) is 0.572. The third kappa shape index (κ3) is 5.36. The van der Waals surface area contributed by atoms with Gasteiger partial charge >= 0.3 is 0 Å². The lowest BCUT2D eigenvalue weighted by Crippen LogP contribution is -2.28. The van der Waals surface area contributed by atoms with Crippen molar-refractivity contribution in [3.05, 3.63) is 11.6 Å². The Hall–Kier alpha value is -0.300. The molecule has 0 spiro atoms. The second-order valence-electron chi connectivity index (χ2n) is 3.78. The van der Waals surface area contributed by atoms with Crippen molar-refractivity contribution in [2.24, 2.45) is 0 Å². The van der Waals surface area contributed by atoms with Crippen LogP contribution in [0.4, 0.5) is 0 Å². The summed E-state index contributed by atoms with van der Waals surface area (Å²) in [5.74, 6) is 0. The van der Waals surface area contributed by atoms with Crippen LogP contribution in [0.25, 0.3) is 0 Å². The Labute approximate surface area is 77.5 Å². The van der Waals surface area contributed by atoms with Gasteiger partial charge in [-0.2, -0.15) is 0 Å². The van der Waals surface area contributed by atoms with Gasteiger partial charge in [-0.15, -0.1) is 0 Å². The van der Waals surface area contributed by atoms with Crippen LogP contribution in [0.3, 0.4) is 0 Å². The first-order valence-electron chi connectivity index (χ1n) is 4.91. The van der Waals surface area contributed by atoms with E-state index in [-0.39, 0.29) is 0 Å². The first-order valence-corrected chi connectivity index (χ1v) is 4.91. The molecule has 0 N–H and O–H groups in total. The number of allylic oxidation sites excluding steroid dienone is 2. The Morgan fingerprint density at radius 1 is 1.42 bits per heavy atom. The first kappa shape index (κ1) is 11.7. The lowest BCUT2D eigenvalue weighted by molar-refractivity contribution is 0.260. The fourth-order valence-electron chi connectivity index (χ4n) is 1.15. The van der Waals surface area contributed by atoms with E-state index < -0.39 is 0 Å². The smallest absolute Gasteiger partial charge is 0.00667 e. The molecule has 0 heterocycles. The van der Waals surface area contributed by atoms with E-state index in [0.717, 1.165) is 6.54 Å². The van der Waals surface area contributed by atoms with Crippen LogP contribution in [0.5, 0.6) is 0 Å². The van der Waals surface area contributed by atoms with Crippen molar-refractivity contribution in [1.82, 2.24) is 4.90 Å². The van der Waals surface area contributed by atoms with Crippen LogP contribution in [0.1, 0.15) is 40.5 Å². The minimum Gasteiger partial charge on any atom is -0.304 e. The van der Waals surface area contributed by atoms with Gasteiger partial charge in [-0.25, -0.2) is 0 Å². The summed E-state index contributed by atoms with van der Waals surface area (Å²) in [6.45, 7) is 9.97. The predicted molar refractivity (Wildman–Crippen MR) is 56.4 cm³/mol. The number of hydrogen-bond acceptors (Lipinski definition) is 1. The second kappa shape index (κ2) is 6.24. The van der Waals surface area contributed by atoms with Crippen LogP contribution in [-0.4, -0.2) is 24.5 Å². The summed E-state index contributed by atoms with van der Waals surface area (Å²) in [6, 6.07) is 0.714. The van der Waals surface area contributed by atoms with Crippen LogP contribution in [0, 0.1) is 0 Å². The summed E-state index contributed by atoms with van der Waals surface area (Å²) in [7, 11) is 2.19. The molecule has 0 aromatic heterocycles. The van der Waals surface area contributed by atoms with Gasteiger partial charge in [-0.05, 0) is 47.2 Å². The Morgan fingerprint density at radius 3 is 2.42 bits per heavy atom. The molecule has 0 aliphatic rings. The zero-order chi connectivity index (χ0) is 9.56. The normalized spacial score (nSPS) is 13.2. The molecule has 1 unspecified atom stereocenters. The van der Waals surface area contributed by atoms with Gasteiger partial charge in [-0.1, -0.05) is 18.6 Å². The van der Waals surface area contributed by atoms with Crippen molar-refractivity contribution in [3.8, 4) is 0 Å². The van der Waals surface area contributed by atoms with Crippen molar-refractivity contribution in [1.29, 1.82) is 0 Å². The van der Waals surface area contributed by atoms with Crippen molar-refractivity contribution in [2.75, 3.05) is 13.6 Å². The highest BCUT2D eigenvalue weighted by Crippen LogP contribution is 2.05. The topological polar surface area (TPSA) is 3.24 Å².